The van der Waals surface area contributed by atoms with Gasteiger partial charge in [0.15, 0.2) is 0 Å². The Labute approximate surface area is 661 Å². The van der Waals surface area contributed by atoms with E-state index in [0.29, 0.717) is 113 Å². The molecule has 0 aliphatic carbocycles. The van der Waals surface area contributed by atoms with E-state index in [1.54, 1.807) is 0 Å². The Kier molecular flexibility index (Phi) is 21.6. The van der Waals surface area contributed by atoms with Crippen molar-refractivity contribution in [3.05, 3.63) is 245 Å². The van der Waals surface area contributed by atoms with Crippen LogP contribution in [-0.2, 0) is 13.1 Å². The summed E-state index contributed by atoms with van der Waals surface area (Å²) in [5, 5.41) is 20.2. The van der Waals surface area contributed by atoms with Gasteiger partial charge in [-0.1, -0.05) is 294 Å². The second-order valence-electron chi connectivity index (χ2n) is 34.0. The Hall–Kier alpha value is -10.6. The highest BCUT2D eigenvalue weighted by atomic mass is 28.3. The molecule has 8 heteroatoms. The van der Waals surface area contributed by atoms with Crippen molar-refractivity contribution < 1.29 is 0 Å². The fraction of sp³-hybridized carbons (Fsp3) is 0.327. The van der Waals surface area contributed by atoms with Gasteiger partial charge in [0.05, 0.1) is 21.5 Å². The fourth-order valence-electron chi connectivity index (χ4n) is 19.8. The van der Waals surface area contributed by atoms with Gasteiger partial charge in [-0.05, 0) is 205 Å². The van der Waals surface area contributed by atoms with Crippen molar-refractivity contribution in [3.8, 4) is 46.6 Å². The van der Waals surface area contributed by atoms with Gasteiger partial charge >= 0.3 is 0 Å². The standard InChI is InChI=1S/C104H104N2O4Si2/c1-15-17-19-21-23-33-49-105-101(107)97-61-93-81(45-43-79-85-53-71-35-25-29-39-75(71)57-89(85)83(47-51-111(65(3)4,66(5)6)67(7)8)90-58-76-40-30-26-36-72(76)54-86(79)90)95-63-99-100(104(110)106(103(99)109)50-34-24-22-20-18-16-2)64-96(95)82(94(93)62-98(97)102(105)108)46-44-80-87-55-73-37-27-31-41-77(73)59-91(87)84(48-52-112(68(9)10,69(11)12)70(13)14)92-60-78-42-32-28-38-74(78)56-88(80)92/h25-32,35-42,53-70H,15-24,33-34,49-50H2,1-14H3. The summed E-state index contributed by atoms with van der Waals surface area (Å²) in [7, 11) is -4.56. The summed E-state index contributed by atoms with van der Waals surface area (Å²) >= 11 is 0. The molecule has 0 bridgehead atoms. The van der Waals surface area contributed by atoms with E-state index in [1.807, 2.05) is 24.3 Å². The van der Waals surface area contributed by atoms with Crippen LogP contribution in [0.25, 0.3) is 129 Å². The number of rotatable bonds is 20. The van der Waals surface area contributed by atoms with Gasteiger partial charge < -0.3 is 0 Å². The van der Waals surface area contributed by atoms with Gasteiger partial charge in [0, 0.05) is 68.0 Å². The molecule has 6 nitrogen and oxygen atoms in total. The van der Waals surface area contributed by atoms with Gasteiger partial charge in [0.25, 0.3) is 22.2 Å². The molecule has 0 aliphatic heterocycles. The van der Waals surface area contributed by atoms with Crippen LogP contribution in [0.2, 0.25) is 33.2 Å². The van der Waals surface area contributed by atoms with Crippen molar-refractivity contribution >= 4 is 145 Å². The first kappa shape index (κ1) is 76.8. The van der Waals surface area contributed by atoms with Crippen LogP contribution in [0.4, 0.5) is 0 Å². The van der Waals surface area contributed by atoms with E-state index < -0.39 is 16.1 Å². The van der Waals surface area contributed by atoms with Crippen LogP contribution >= 0.6 is 0 Å². The molecule has 2 aromatic heterocycles. The molecule has 0 N–H and O–H groups in total. The molecule has 15 rings (SSSR count). The van der Waals surface area contributed by atoms with Crippen molar-refractivity contribution in [2.24, 2.45) is 0 Å². The quantitative estimate of drug-likeness (QED) is 0.0330. The van der Waals surface area contributed by atoms with Crippen LogP contribution in [0.15, 0.2) is 189 Å². The summed E-state index contributed by atoms with van der Waals surface area (Å²) < 4.78 is 2.87. The summed E-state index contributed by atoms with van der Waals surface area (Å²) in [5.74, 6) is 23.7. The lowest BCUT2D eigenvalue weighted by Gasteiger charge is -2.38. The normalized spacial score (nSPS) is 12.3. The van der Waals surface area contributed by atoms with E-state index >= 15 is 19.2 Å². The monoisotopic (exact) mass is 1500 g/mol. The molecule has 562 valence electrons. The minimum atomic E-state index is -2.28. The molecule has 0 radical (unpaired) electrons. The third-order valence-corrected chi connectivity index (χ3v) is 38.2. The Morgan fingerprint density at radius 1 is 0.241 bits per heavy atom. The molecule has 0 spiro atoms. The lowest BCUT2D eigenvalue weighted by molar-refractivity contribution is 0.547. The maximum atomic E-state index is 15.4. The molecule has 13 aromatic carbocycles. The van der Waals surface area contributed by atoms with Gasteiger partial charge in [-0.3, -0.25) is 28.3 Å². The van der Waals surface area contributed by atoms with Crippen LogP contribution in [0.1, 0.15) is 207 Å². The summed E-state index contributed by atoms with van der Waals surface area (Å²) in [6.07, 6.45) is 12.0. The van der Waals surface area contributed by atoms with Crippen LogP contribution in [0, 0.1) is 46.6 Å². The number of unbranched alkanes of at least 4 members (excludes halogenated alkanes) is 10. The lowest BCUT2D eigenvalue weighted by atomic mass is 9.87. The number of hydrogen-bond acceptors (Lipinski definition) is 4. The van der Waals surface area contributed by atoms with Crippen LogP contribution in [-0.4, -0.2) is 25.3 Å². The van der Waals surface area contributed by atoms with Crippen molar-refractivity contribution in [1.29, 1.82) is 0 Å². The number of aromatic nitrogens is 2. The summed E-state index contributed by atoms with van der Waals surface area (Å²) in [4.78, 5) is 61.4. The molecule has 0 fully saturated rings. The van der Waals surface area contributed by atoms with Crippen LogP contribution < -0.4 is 22.2 Å². The Balaban J connectivity index is 1.09. The van der Waals surface area contributed by atoms with Crippen molar-refractivity contribution in [2.45, 2.75) is 220 Å². The number of fused-ring (bicyclic) bond motifs is 12. The van der Waals surface area contributed by atoms with Gasteiger partial charge in [-0.25, -0.2) is 0 Å². The average Bonchev–Trinajstić information content (AvgIpc) is 1.51. The van der Waals surface area contributed by atoms with E-state index in [2.05, 4.69) is 289 Å². The van der Waals surface area contributed by atoms with E-state index in [1.165, 1.54) is 9.13 Å². The molecular formula is C104H104N2O4Si2. The average molecular weight is 1500 g/mol. The number of hydrogen-bond donors (Lipinski definition) is 0. The molecular weight excluding hydrogens is 1400 g/mol. The predicted octanol–water partition coefficient (Wildman–Crippen LogP) is 26.1. The molecule has 15 aromatic rings. The molecule has 0 atom stereocenters. The highest BCUT2D eigenvalue weighted by molar-refractivity contribution is 6.91. The van der Waals surface area contributed by atoms with Crippen LogP contribution in [0.3, 0.4) is 0 Å². The predicted molar refractivity (Wildman–Crippen MR) is 487 cm³/mol. The minimum absolute atomic E-state index is 0.293. The highest BCUT2D eigenvalue weighted by Crippen LogP contribution is 2.46. The van der Waals surface area contributed by atoms with E-state index in [-0.39, 0.29) is 22.2 Å². The summed E-state index contributed by atoms with van der Waals surface area (Å²) in [6, 6.07) is 60.0. The second-order valence-corrected chi connectivity index (χ2v) is 45.1. The van der Waals surface area contributed by atoms with Gasteiger partial charge in [-0.15, -0.1) is 11.1 Å². The van der Waals surface area contributed by atoms with E-state index in [4.69, 9.17) is 0 Å². The Morgan fingerprint density at radius 3 is 0.616 bits per heavy atom. The maximum Gasteiger partial charge on any atom is 0.261 e. The van der Waals surface area contributed by atoms with Crippen molar-refractivity contribution in [1.82, 2.24) is 9.13 Å². The zero-order valence-electron chi connectivity index (χ0n) is 68.1. The molecule has 2 heterocycles. The molecule has 0 amide bonds. The van der Waals surface area contributed by atoms with Crippen molar-refractivity contribution in [2.75, 3.05) is 0 Å². The maximum absolute atomic E-state index is 15.4. The van der Waals surface area contributed by atoms with Gasteiger partial charge in [-0.2, -0.15) is 0 Å². The zero-order valence-corrected chi connectivity index (χ0v) is 70.1. The number of benzene rings is 13. The topological polar surface area (TPSA) is 78.1 Å². The Bertz CT molecular complexity index is 6070. The first-order chi connectivity index (χ1) is 54.1. The highest BCUT2D eigenvalue weighted by Gasteiger charge is 2.43. The van der Waals surface area contributed by atoms with Gasteiger partial charge in [0.2, 0.25) is 0 Å². The van der Waals surface area contributed by atoms with E-state index in [0.717, 1.165) is 173 Å². The largest absolute Gasteiger partial charge is 0.274 e. The SMILES string of the molecule is CCCCCCCCn1c(=O)c2cc3c(C#Cc4c5cc6ccccc6cc5c(C#C[Si](C(C)C)(C(C)C)C(C)C)c5cc6ccccc6cc45)c4cc5c(=O)n(CCCCCCCC)c(=O)c5cc4c(C#Cc4c5cc6ccccc6cc5c(C#C[Si](C(C)C)(C(C)C)C(C)C)c5cc6ccccc6cc45)c3cc2c1=O. The first-order valence-electron chi connectivity index (χ1n) is 41.7. The first-order valence-corrected chi connectivity index (χ1v) is 46.1. The lowest BCUT2D eigenvalue weighted by Crippen LogP contribution is -2.43. The third-order valence-electron chi connectivity index (χ3n) is 25.6. The minimum Gasteiger partial charge on any atom is -0.274 e. The second kappa shape index (κ2) is 31.5. The molecule has 0 aliphatic rings. The van der Waals surface area contributed by atoms with E-state index in [9.17, 15) is 0 Å². The molecule has 0 unspecified atom stereocenters. The van der Waals surface area contributed by atoms with Crippen molar-refractivity contribution in [3.63, 3.8) is 0 Å². The van der Waals surface area contributed by atoms with Gasteiger partial charge in [0.1, 0.15) is 16.1 Å². The zero-order chi connectivity index (χ0) is 78.6. The molecule has 0 saturated carbocycles. The number of nitrogens with zero attached hydrogens (tertiary/aromatic N) is 2. The summed E-state index contributed by atoms with van der Waals surface area (Å²) in [6.45, 7) is 33.4. The molecule has 0 saturated heterocycles. The fourth-order valence-corrected chi connectivity index (χ4v) is 30.2. The summed E-state index contributed by atoms with van der Waals surface area (Å²) in [5.41, 5.74) is 14.1. The smallest absolute Gasteiger partial charge is 0.261 e. The van der Waals surface area contributed by atoms with Crippen LogP contribution in [0.5, 0.6) is 0 Å². The molecule has 112 heavy (non-hydrogen) atoms. The Morgan fingerprint density at radius 2 is 0.420 bits per heavy atom. The third kappa shape index (κ3) is 13.5.